The van der Waals surface area contributed by atoms with Crippen LogP contribution in [0.5, 0.6) is 0 Å². The zero-order chi connectivity index (χ0) is 12.8. The average molecular weight is 255 g/mol. The molecule has 6 nitrogen and oxygen atoms in total. The van der Waals surface area contributed by atoms with E-state index in [-0.39, 0.29) is 6.10 Å². The molecule has 2 heterocycles. The molecule has 1 aromatic rings. The lowest BCUT2D eigenvalue weighted by molar-refractivity contribution is 0.0149. The van der Waals surface area contributed by atoms with Gasteiger partial charge in [0, 0.05) is 38.8 Å². The van der Waals surface area contributed by atoms with Crippen LogP contribution in [0.25, 0.3) is 0 Å². The molecule has 1 fully saturated rings. The third-order valence-electron chi connectivity index (χ3n) is 2.94. The topological polar surface area (TPSA) is 70.8 Å². The number of aromatic nitrogens is 1. The van der Waals surface area contributed by atoms with Crippen molar-refractivity contribution in [1.29, 1.82) is 0 Å². The van der Waals surface area contributed by atoms with Crippen LogP contribution in [0.2, 0.25) is 0 Å². The molecule has 1 atom stereocenters. The van der Waals surface area contributed by atoms with E-state index in [1.807, 2.05) is 13.0 Å². The maximum absolute atomic E-state index is 9.90. The molecule has 1 saturated heterocycles. The lowest BCUT2D eigenvalue weighted by Gasteiger charge is -2.28. The summed E-state index contributed by atoms with van der Waals surface area (Å²) in [7, 11) is 0. The number of aliphatic hydroxyl groups is 1. The molecule has 0 bridgehead atoms. The van der Waals surface area contributed by atoms with E-state index in [1.54, 1.807) is 0 Å². The summed E-state index contributed by atoms with van der Waals surface area (Å²) in [5.41, 5.74) is 0.867. The molecule has 2 N–H and O–H groups in total. The van der Waals surface area contributed by atoms with Crippen molar-refractivity contribution in [2.75, 3.05) is 39.4 Å². The van der Waals surface area contributed by atoms with Gasteiger partial charge in [-0.05, 0) is 6.92 Å². The molecule has 1 unspecified atom stereocenters. The van der Waals surface area contributed by atoms with E-state index in [0.29, 0.717) is 19.6 Å². The Morgan fingerprint density at radius 3 is 2.94 bits per heavy atom. The van der Waals surface area contributed by atoms with Crippen LogP contribution in [-0.4, -0.2) is 60.7 Å². The quantitative estimate of drug-likeness (QED) is 0.731. The van der Waals surface area contributed by atoms with Gasteiger partial charge in [-0.1, -0.05) is 5.16 Å². The third kappa shape index (κ3) is 4.38. The summed E-state index contributed by atoms with van der Waals surface area (Å²) in [4.78, 5) is 2.22. The fraction of sp³-hybridized carbons (Fsp3) is 0.750. The monoisotopic (exact) mass is 255 g/mol. The fourth-order valence-electron chi connectivity index (χ4n) is 2.01. The van der Waals surface area contributed by atoms with Crippen molar-refractivity contribution in [1.82, 2.24) is 15.4 Å². The van der Waals surface area contributed by atoms with Crippen LogP contribution >= 0.6 is 0 Å². The number of ether oxygens (including phenoxy) is 1. The molecule has 0 aromatic carbocycles. The Balaban J connectivity index is 1.60. The molecule has 1 aliphatic heterocycles. The van der Waals surface area contributed by atoms with Crippen LogP contribution in [0.1, 0.15) is 11.5 Å². The van der Waals surface area contributed by atoms with Crippen molar-refractivity contribution in [2.24, 2.45) is 0 Å². The highest BCUT2D eigenvalue weighted by Crippen LogP contribution is 2.01. The Kier molecular flexibility index (Phi) is 5.12. The minimum atomic E-state index is -0.365. The smallest absolute Gasteiger partial charge is 0.133 e. The molecule has 2 rings (SSSR count). The number of hydrogen-bond donors (Lipinski definition) is 2. The number of nitrogens with one attached hydrogen (secondary N) is 1. The van der Waals surface area contributed by atoms with E-state index in [9.17, 15) is 5.11 Å². The Bertz CT molecular complexity index is 350. The largest absolute Gasteiger partial charge is 0.390 e. The highest BCUT2D eigenvalue weighted by molar-refractivity contribution is 5.02. The van der Waals surface area contributed by atoms with E-state index in [2.05, 4.69) is 15.4 Å². The molecule has 0 spiro atoms. The lowest BCUT2D eigenvalue weighted by Crippen LogP contribution is -2.43. The molecule has 6 heteroatoms. The normalized spacial score (nSPS) is 19.0. The predicted molar refractivity (Wildman–Crippen MR) is 66.2 cm³/mol. The summed E-state index contributed by atoms with van der Waals surface area (Å²) in [5, 5.41) is 17.0. The van der Waals surface area contributed by atoms with Crippen molar-refractivity contribution in [3.63, 3.8) is 0 Å². The summed E-state index contributed by atoms with van der Waals surface area (Å²) in [6.07, 6.45) is -0.365. The van der Waals surface area contributed by atoms with Gasteiger partial charge in [-0.25, -0.2) is 0 Å². The Morgan fingerprint density at radius 1 is 1.50 bits per heavy atom. The van der Waals surface area contributed by atoms with Gasteiger partial charge in [-0.2, -0.15) is 0 Å². The minimum absolute atomic E-state index is 0.365. The van der Waals surface area contributed by atoms with E-state index < -0.39 is 0 Å². The molecule has 0 amide bonds. The maximum atomic E-state index is 9.90. The molecular formula is C12H21N3O3. The summed E-state index contributed by atoms with van der Waals surface area (Å²) < 4.78 is 10.2. The van der Waals surface area contributed by atoms with Gasteiger partial charge in [0.1, 0.15) is 5.76 Å². The van der Waals surface area contributed by atoms with E-state index in [4.69, 9.17) is 9.26 Å². The van der Waals surface area contributed by atoms with Crippen LogP contribution in [0.15, 0.2) is 10.6 Å². The van der Waals surface area contributed by atoms with Crippen LogP contribution in [-0.2, 0) is 11.3 Å². The predicted octanol–water partition coefficient (Wildman–Crippen LogP) is -0.234. The van der Waals surface area contributed by atoms with Crippen LogP contribution < -0.4 is 5.32 Å². The molecule has 1 aliphatic rings. The highest BCUT2D eigenvalue weighted by atomic mass is 16.5. The van der Waals surface area contributed by atoms with Crippen molar-refractivity contribution in [2.45, 2.75) is 19.6 Å². The second kappa shape index (κ2) is 6.84. The standard InChI is InChI=1S/C12H21N3O3/c1-10-6-11(14-18-10)7-13-8-12(16)9-15-2-4-17-5-3-15/h6,12-13,16H,2-5,7-9H2,1H3. The van der Waals surface area contributed by atoms with E-state index in [0.717, 1.165) is 37.8 Å². The molecule has 0 aliphatic carbocycles. The van der Waals surface area contributed by atoms with E-state index >= 15 is 0 Å². The zero-order valence-corrected chi connectivity index (χ0v) is 10.8. The molecule has 18 heavy (non-hydrogen) atoms. The van der Waals surface area contributed by atoms with Gasteiger partial charge in [0.05, 0.1) is 25.0 Å². The number of morpholine rings is 1. The van der Waals surface area contributed by atoms with Crippen molar-refractivity contribution in [3.8, 4) is 0 Å². The number of rotatable bonds is 6. The van der Waals surface area contributed by atoms with Gasteiger partial charge < -0.3 is 19.7 Å². The summed E-state index contributed by atoms with van der Waals surface area (Å²) >= 11 is 0. The van der Waals surface area contributed by atoms with E-state index in [1.165, 1.54) is 0 Å². The van der Waals surface area contributed by atoms with Crippen LogP contribution in [0.4, 0.5) is 0 Å². The van der Waals surface area contributed by atoms with Crippen LogP contribution in [0, 0.1) is 6.92 Å². The molecular weight excluding hydrogens is 234 g/mol. The van der Waals surface area contributed by atoms with Gasteiger partial charge in [0.15, 0.2) is 0 Å². The number of nitrogens with zero attached hydrogens (tertiary/aromatic N) is 2. The van der Waals surface area contributed by atoms with Crippen molar-refractivity contribution >= 4 is 0 Å². The van der Waals surface area contributed by atoms with Crippen LogP contribution in [0.3, 0.4) is 0 Å². The second-order valence-corrected chi connectivity index (χ2v) is 4.63. The van der Waals surface area contributed by atoms with Crippen molar-refractivity contribution < 1.29 is 14.4 Å². The third-order valence-corrected chi connectivity index (χ3v) is 2.94. The number of aliphatic hydroxyl groups excluding tert-OH is 1. The summed E-state index contributed by atoms with van der Waals surface area (Å²) in [5.74, 6) is 0.806. The van der Waals surface area contributed by atoms with Gasteiger partial charge >= 0.3 is 0 Å². The first kappa shape index (κ1) is 13.5. The summed E-state index contributed by atoms with van der Waals surface area (Å²) in [6.45, 7) is 7.06. The number of hydrogen-bond acceptors (Lipinski definition) is 6. The molecule has 102 valence electrons. The Labute approximate surface area is 107 Å². The van der Waals surface area contributed by atoms with Gasteiger partial charge in [-0.3, -0.25) is 4.90 Å². The highest BCUT2D eigenvalue weighted by Gasteiger charge is 2.14. The van der Waals surface area contributed by atoms with Gasteiger partial charge in [-0.15, -0.1) is 0 Å². The fourth-order valence-corrected chi connectivity index (χ4v) is 2.01. The zero-order valence-electron chi connectivity index (χ0n) is 10.8. The maximum Gasteiger partial charge on any atom is 0.133 e. The van der Waals surface area contributed by atoms with Crippen molar-refractivity contribution in [3.05, 3.63) is 17.5 Å². The Morgan fingerprint density at radius 2 is 2.28 bits per heavy atom. The summed E-state index contributed by atoms with van der Waals surface area (Å²) in [6, 6.07) is 1.89. The number of β-amino-alcohol motifs (C(OH)–C–C–N with tert-alkyl or cyclic N) is 1. The number of aryl methyl sites for hydroxylation is 1. The van der Waals surface area contributed by atoms with Gasteiger partial charge in [0.2, 0.25) is 0 Å². The van der Waals surface area contributed by atoms with Gasteiger partial charge in [0.25, 0.3) is 0 Å². The molecule has 1 aromatic heterocycles. The second-order valence-electron chi connectivity index (χ2n) is 4.63. The minimum Gasteiger partial charge on any atom is -0.390 e. The first-order valence-corrected chi connectivity index (χ1v) is 6.35. The first-order chi connectivity index (χ1) is 8.74. The SMILES string of the molecule is Cc1cc(CNCC(O)CN2CCOCC2)no1. The lowest BCUT2D eigenvalue weighted by atomic mass is 10.3. The Hall–Kier alpha value is -0.950. The average Bonchev–Trinajstić information content (AvgIpc) is 2.76. The first-order valence-electron chi connectivity index (χ1n) is 6.35. The molecule has 0 radical (unpaired) electrons. The molecule has 0 saturated carbocycles.